The molecule has 98 valence electrons. The molecule has 3 aromatic heterocycles. The second-order valence-corrected chi connectivity index (χ2v) is 5.58. The molecule has 0 spiro atoms. The summed E-state index contributed by atoms with van der Waals surface area (Å²) in [6.45, 7) is 3.91. The quantitative estimate of drug-likeness (QED) is 0.781. The van der Waals surface area contributed by atoms with Gasteiger partial charge in [-0.05, 0) is 13.8 Å². The summed E-state index contributed by atoms with van der Waals surface area (Å²) in [5.74, 6) is -0.178. The number of hydrogen-bond donors (Lipinski definition) is 1. The van der Waals surface area contributed by atoms with Gasteiger partial charge in [0.25, 0.3) is 5.91 Å². The van der Waals surface area contributed by atoms with E-state index in [0.29, 0.717) is 16.4 Å². The highest BCUT2D eigenvalue weighted by molar-refractivity contribution is 7.15. The Labute approximate surface area is 113 Å². The Kier molecular flexibility index (Phi) is 2.67. The fourth-order valence-electron chi connectivity index (χ4n) is 1.96. The number of amides is 1. The van der Waals surface area contributed by atoms with Crippen molar-refractivity contribution in [1.29, 1.82) is 0 Å². The molecular weight excluding hydrogens is 262 g/mol. The summed E-state index contributed by atoms with van der Waals surface area (Å²) in [6, 6.07) is 3.57. The van der Waals surface area contributed by atoms with E-state index in [1.54, 1.807) is 12.3 Å². The van der Waals surface area contributed by atoms with Crippen LogP contribution < -0.4 is 5.32 Å². The van der Waals surface area contributed by atoms with Gasteiger partial charge in [-0.1, -0.05) is 0 Å². The summed E-state index contributed by atoms with van der Waals surface area (Å²) < 4.78 is 7.10. The first kappa shape index (κ1) is 12.0. The number of aryl methyl sites for hydroxylation is 3. The van der Waals surface area contributed by atoms with E-state index < -0.39 is 0 Å². The van der Waals surface area contributed by atoms with E-state index in [0.717, 1.165) is 16.1 Å². The topological polar surface area (TPSA) is 60.1 Å². The van der Waals surface area contributed by atoms with Gasteiger partial charge in [0.1, 0.15) is 5.69 Å². The largest absolute Gasteiger partial charge is 0.463 e. The van der Waals surface area contributed by atoms with Crippen LogP contribution in [0.4, 0.5) is 5.13 Å². The Morgan fingerprint density at radius 3 is 2.89 bits per heavy atom. The molecule has 3 rings (SSSR count). The standard InChI is InChI=1S/C13H13N3O2S/c1-7-8(2)19-13(14-7)15-12(17)10-6-11-9(16(10)3)4-5-18-11/h4-6H,1-3H3,(H,14,15,17). The van der Waals surface area contributed by atoms with Crippen molar-refractivity contribution < 1.29 is 9.21 Å². The zero-order chi connectivity index (χ0) is 13.6. The van der Waals surface area contributed by atoms with Crippen molar-refractivity contribution in [3.8, 4) is 0 Å². The molecule has 0 bridgehead atoms. The first-order valence-corrected chi connectivity index (χ1v) is 6.66. The van der Waals surface area contributed by atoms with E-state index in [9.17, 15) is 4.79 Å². The molecule has 0 aliphatic heterocycles. The summed E-state index contributed by atoms with van der Waals surface area (Å²) in [4.78, 5) is 17.6. The average Bonchev–Trinajstić information content (AvgIpc) is 2.99. The molecule has 3 heterocycles. The molecule has 0 saturated heterocycles. The minimum atomic E-state index is -0.178. The van der Waals surface area contributed by atoms with E-state index in [1.165, 1.54) is 11.3 Å². The fraction of sp³-hybridized carbons (Fsp3) is 0.231. The van der Waals surface area contributed by atoms with Crippen LogP contribution in [0.3, 0.4) is 0 Å². The highest BCUT2D eigenvalue weighted by Gasteiger charge is 2.16. The Morgan fingerprint density at radius 1 is 1.47 bits per heavy atom. The normalized spacial score (nSPS) is 11.1. The molecule has 1 N–H and O–H groups in total. The van der Waals surface area contributed by atoms with Crippen LogP contribution in [0.5, 0.6) is 0 Å². The highest BCUT2D eigenvalue weighted by Crippen LogP contribution is 2.23. The van der Waals surface area contributed by atoms with Crippen molar-refractivity contribution in [2.24, 2.45) is 7.05 Å². The van der Waals surface area contributed by atoms with Crippen molar-refractivity contribution >= 4 is 33.5 Å². The third kappa shape index (κ3) is 1.94. The Bertz CT molecular complexity index is 747. The van der Waals surface area contributed by atoms with Gasteiger partial charge in [0.15, 0.2) is 10.7 Å². The number of nitrogens with zero attached hydrogens (tertiary/aromatic N) is 2. The van der Waals surface area contributed by atoms with Gasteiger partial charge in [-0.3, -0.25) is 10.1 Å². The second kappa shape index (κ2) is 4.24. The summed E-state index contributed by atoms with van der Waals surface area (Å²) in [5.41, 5.74) is 3.11. The lowest BCUT2D eigenvalue weighted by atomic mass is 10.4. The number of hydrogen-bond acceptors (Lipinski definition) is 4. The van der Waals surface area contributed by atoms with Crippen molar-refractivity contribution in [3.05, 3.63) is 34.7 Å². The summed E-state index contributed by atoms with van der Waals surface area (Å²) in [7, 11) is 1.84. The number of rotatable bonds is 2. The number of fused-ring (bicyclic) bond motifs is 1. The molecule has 5 nitrogen and oxygen atoms in total. The highest BCUT2D eigenvalue weighted by atomic mass is 32.1. The van der Waals surface area contributed by atoms with Gasteiger partial charge in [0, 0.05) is 24.1 Å². The molecule has 6 heteroatoms. The lowest BCUT2D eigenvalue weighted by molar-refractivity contribution is 0.101. The van der Waals surface area contributed by atoms with Gasteiger partial charge in [-0.25, -0.2) is 4.98 Å². The SMILES string of the molecule is Cc1nc(NC(=O)c2cc3occc3n2C)sc1C. The zero-order valence-electron chi connectivity index (χ0n) is 10.9. The molecule has 0 unspecified atom stereocenters. The molecule has 19 heavy (non-hydrogen) atoms. The molecule has 0 atom stereocenters. The Morgan fingerprint density at radius 2 is 2.26 bits per heavy atom. The maximum Gasteiger partial charge on any atom is 0.274 e. The van der Waals surface area contributed by atoms with Crippen LogP contribution in [0.1, 0.15) is 21.1 Å². The van der Waals surface area contributed by atoms with E-state index in [1.807, 2.05) is 31.5 Å². The number of nitrogens with one attached hydrogen (secondary N) is 1. The van der Waals surface area contributed by atoms with Crippen molar-refractivity contribution in [2.45, 2.75) is 13.8 Å². The van der Waals surface area contributed by atoms with Crippen LogP contribution in [0.2, 0.25) is 0 Å². The number of aromatic nitrogens is 2. The van der Waals surface area contributed by atoms with Gasteiger partial charge in [-0.2, -0.15) is 0 Å². The molecular formula is C13H13N3O2S. The summed E-state index contributed by atoms with van der Waals surface area (Å²) >= 11 is 1.48. The predicted molar refractivity (Wildman–Crippen MR) is 74.7 cm³/mol. The van der Waals surface area contributed by atoms with E-state index >= 15 is 0 Å². The van der Waals surface area contributed by atoms with Crippen LogP contribution in [-0.2, 0) is 7.05 Å². The monoisotopic (exact) mass is 275 g/mol. The minimum Gasteiger partial charge on any atom is -0.463 e. The van der Waals surface area contributed by atoms with E-state index in [4.69, 9.17) is 4.42 Å². The Balaban J connectivity index is 1.91. The van der Waals surface area contributed by atoms with Gasteiger partial charge in [0.2, 0.25) is 0 Å². The van der Waals surface area contributed by atoms with Crippen LogP contribution >= 0.6 is 11.3 Å². The molecule has 1 amide bonds. The molecule has 0 aliphatic rings. The minimum absolute atomic E-state index is 0.178. The summed E-state index contributed by atoms with van der Waals surface area (Å²) in [5, 5.41) is 3.44. The Hall–Kier alpha value is -2.08. The van der Waals surface area contributed by atoms with Crippen LogP contribution in [0.25, 0.3) is 11.1 Å². The first-order valence-electron chi connectivity index (χ1n) is 5.84. The zero-order valence-corrected chi connectivity index (χ0v) is 11.7. The van der Waals surface area contributed by atoms with Crippen molar-refractivity contribution in [2.75, 3.05) is 5.32 Å². The lowest BCUT2D eigenvalue weighted by Crippen LogP contribution is -2.15. The lowest BCUT2D eigenvalue weighted by Gasteiger charge is -2.02. The maximum atomic E-state index is 12.2. The third-order valence-corrected chi connectivity index (χ3v) is 4.13. The molecule has 3 aromatic rings. The maximum absolute atomic E-state index is 12.2. The van der Waals surface area contributed by atoms with Gasteiger partial charge >= 0.3 is 0 Å². The molecule has 0 radical (unpaired) electrons. The molecule has 0 fully saturated rings. The van der Waals surface area contributed by atoms with Gasteiger partial charge < -0.3 is 8.98 Å². The smallest absolute Gasteiger partial charge is 0.274 e. The van der Waals surface area contributed by atoms with E-state index in [-0.39, 0.29) is 5.91 Å². The number of anilines is 1. The second-order valence-electron chi connectivity index (χ2n) is 4.37. The molecule has 0 aliphatic carbocycles. The predicted octanol–water partition coefficient (Wildman–Crippen LogP) is 3.10. The van der Waals surface area contributed by atoms with Crippen molar-refractivity contribution in [3.63, 3.8) is 0 Å². The molecule has 0 aromatic carbocycles. The van der Waals surface area contributed by atoms with Crippen LogP contribution in [0.15, 0.2) is 22.8 Å². The van der Waals surface area contributed by atoms with Crippen LogP contribution in [-0.4, -0.2) is 15.5 Å². The van der Waals surface area contributed by atoms with Gasteiger partial charge in [0.05, 0.1) is 17.5 Å². The van der Waals surface area contributed by atoms with Gasteiger partial charge in [-0.15, -0.1) is 11.3 Å². The fourth-order valence-corrected chi connectivity index (χ4v) is 2.76. The number of furan rings is 1. The first-order chi connectivity index (χ1) is 9.06. The van der Waals surface area contributed by atoms with Crippen LogP contribution in [0, 0.1) is 13.8 Å². The third-order valence-electron chi connectivity index (χ3n) is 3.15. The molecule has 0 saturated carbocycles. The van der Waals surface area contributed by atoms with E-state index in [2.05, 4.69) is 10.3 Å². The average molecular weight is 275 g/mol. The number of carbonyl (C=O) groups is 1. The summed E-state index contributed by atoms with van der Waals surface area (Å²) in [6.07, 6.45) is 1.61. The number of thiazole rings is 1. The van der Waals surface area contributed by atoms with Crippen molar-refractivity contribution in [1.82, 2.24) is 9.55 Å². The number of carbonyl (C=O) groups excluding carboxylic acids is 1.